The van der Waals surface area contributed by atoms with Gasteiger partial charge in [0.2, 0.25) is 0 Å². The molecule has 0 saturated heterocycles. The van der Waals surface area contributed by atoms with Crippen LogP contribution in [-0.2, 0) is 23.8 Å². The zero-order valence-corrected chi connectivity index (χ0v) is 26.2. The monoisotopic (exact) mass is 577 g/mol. The van der Waals surface area contributed by atoms with Crippen LogP contribution >= 0.6 is 0 Å². The summed E-state index contributed by atoms with van der Waals surface area (Å²) in [5, 5.41) is 10.7. The number of nitrogens with two attached hydrogens (primary N) is 1. The molecule has 1 rings (SSSR count). The van der Waals surface area contributed by atoms with E-state index in [0.29, 0.717) is 38.5 Å². The van der Waals surface area contributed by atoms with Crippen molar-refractivity contribution in [2.24, 2.45) is 23.5 Å². The lowest BCUT2D eigenvalue weighted by Crippen LogP contribution is -2.36. The number of aliphatic hydroxyl groups excluding tert-OH is 1. The van der Waals surface area contributed by atoms with Gasteiger partial charge in [-0.1, -0.05) is 63.5 Å². The third-order valence-corrected chi connectivity index (χ3v) is 7.56. The minimum Gasteiger partial charge on any atom is -0.460 e. The van der Waals surface area contributed by atoms with Crippen molar-refractivity contribution in [3.63, 3.8) is 0 Å². The first-order chi connectivity index (χ1) is 19.4. The average Bonchev–Trinajstić information content (AvgIpc) is 2.88. The van der Waals surface area contributed by atoms with E-state index in [1.165, 1.54) is 19.8 Å². The molecule has 8 heteroatoms. The van der Waals surface area contributed by atoms with Gasteiger partial charge < -0.3 is 25.1 Å². The number of unbranched alkanes of at least 4 members (excludes halogenated alkanes) is 3. The SMILES string of the molecule is CCCCC/C=C\C(C)=C\C1CC(C)C/C=C/CCC(O)C(OC(C)=O)CCC(C)CC(OC(N)=O)C(C)C(=O)O1. The smallest absolute Gasteiger partial charge is 0.404 e. The molecule has 41 heavy (non-hydrogen) atoms. The molecular formula is C33H55NO7. The van der Waals surface area contributed by atoms with Crippen LogP contribution in [0.5, 0.6) is 0 Å². The minimum atomic E-state index is -0.946. The Morgan fingerprint density at radius 1 is 1.02 bits per heavy atom. The maximum absolute atomic E-state index is 13.3. The molecule has 234 valence electrons. The van der Waals surface area contributed by atoms with Gasteiger partial charge in [0.25, 0.3) is 0 Å². The van der Waals surface area contributed by atoms with Gasteiger partial charge in [-0.15, -0.1) is 0 Å². The Bertz CT molecular complexity index is 881. The third-order valence-electron chi connectivity index (χ3n) is 7.56. The summed E-state index contributed by atoms with van der Waals surface area (Å²) >= 11 is 0. The Balaban J connectivity index is 3.20. The number of rotatable bonds is 8. The van der Waals surface area contributed by atoms with Crippen LogP contribution in [-0.4, -0.2) is 47.6 Å². The van der Waals surface area contributed by atoms with Crippen LogP contribution in [0.2, 0.25) is 0 Å². The largest absolute Gasteiger partial charge is 0.460 e. The number of primary amides is 1. The van der Waals surface area contributed by atoms with E-state index in [1.54, 1.807) is 6.92 Å². The van der Waals surface area contributed by atoms with Crippen molar-refractivity contribution in [1.29, 1.82) is 0 Å². The Morgan fingerprint density at radius 2 is 1.76 bits per heavy atom. The van der Waals surface area contributed by atoms with Crippen LogP contribution in [0.15, 0.2) is 36.0 Å². The highest BCUT2D eigenvalue weighted by Gasteiger charge is 2.32. The highest BCUT2D eigenvalue weighted by molar-refractivity contribution is 5.74. The van der Waals surface area contributed by atoms with Crippen molar-refractivity contribution in [3.8, 4) is 0 Å². The van der Waals surface area contributed by atoms with Crippen LogP contribution < -0.4 is 5.73 Å². The first-order valence-electron chi connectivity index (χ1n) is 15.4. The van der Waals surface area contributed by atoms with Crippen LogP contribution in [0.3, 0.4) is 0 Å². The average molecular weight is 578 g/mol. The second kappa shape index (κ2) is 20.3. The molecule has 1 aliphatic heterocycles. The molecule has 8 nitrogen and oxygen atoms in total. The fourth-order valence-corrected chi connectivity index (χ4v) is 5.09. The first-order valence-corrected chi connectivity index (χ1v) is 15.4. The number of hydrogen-bond donors (Lipinski definition) is 2. The summed E-state index contributed by atoms with van der Waals surface area (Å²) in [6.45, 7) is 11.3. The van der Waals surface area contributed by atoms with Gasteiger partial charge in [0.15, 0.2) is 0 Å². The van der Waals surface area contributed by atoms with Crippen molar-refractivity contribution in [3.05, 3.63) is 36.0 Å². The number of hydrogen-bond acceptors (Lipinski definition) is 7. The molecule has 0 saturated carbocycles. The predicted molar refractivity (Wildman–Crippen MR) is 162 cm³/mol. The molecule has 1 heterocycles. The normalized spacial score (nSPS) is 30.6. The number of allylic oxidation sites excluding steroid dienone is 5. The maximum Gasteiger partial charge on any atom is 0.404 e. The van der Waals surface area contributed by atoms with Gasteiger partial charge in [0.1, 0.15) is 18.3 Å². The third kappa shape index (κ3) is 16.4. The molecule has 0 spiro atoms. The summed E-state index contributed by atoms with van der Waals surface area (Å²) in [7, 11) is 0. The number of ether oxygens (including phenoxy) is 3. The molecule has 1 aliphatic rings. The van der Waals surface area contributed by atoms with E-state index < -0.39 is 48.4 Å². The van der Waals surface area contributed by atoms with E-state index in [1.807, 2.05) is 26.0 Å². The zero-order valence-electron chi connectivity index (χ0n) is 26.2. The molecular weight excluding hydrogens is 522 g/mol. The molecule has 0 bridgehead atoms. The Kier molecular flexibility index (Phi) is 18.0. The van der Waals surface area contributed by atoms with Gasteiger partial charge in [-0.05, 0) is 89.5 Å². The second-order valence-corrected chi connectivity index (χ2v) is 11.8. The van der Waals surface area contributed by atoms with Crippen molar-refractivity contribution >= 4 is 18.0 Å². The summed E-state index contributed by atoms with van der Waals surface area (Å²) < 4.78 is 16.8. The number of esters is 2. The minimum absolute atomic E-state index is 0.00515. The van der Waals surface area contributed by atoms with Gasteiger partial charge >= 0.3 is 18.0 Å². The summed E-state index contributed by atoms with van der Waals surface area (Å²) in [4.78, 5) is 36.7. The molecule has 7 unspecified atom stereocenters. The standard InChI is InChI=1S/C33H55NO7/c1-7-8-9-10-12-15-23(2)20-28-21-24(3)16-13-11-14-17-29(36)30(39-27(6)35)19-18-25(4)22-31(41-33(34)38)26(5)32(37)40-28/h11-13,15,20,24-26,28-31,36H,7-10,14,16-19,21-22H2,1-6H3,(H2,34,38)/b13-11+,15-12-,23-20+. The highest BCUT2D eigenvalue weighted by atomic mass is 16.6. The molecule has 0 fully saturated rings. The lowest BCUT2D eigenvalue weighted by Gasteiger charge is -2.28. The van der Waals surface area contributed by atoms with Gasteiger partial charge in [0.05, 0.1) is 12.0 Å². The number of carbonyl (C=O) groups is 3. The molecule has 0 aromatic heterocycles. The van der Waals surface area contributed by atoms with E-state index in [0.717, 1.165) is 24.8 Å². The van der Waals surface area contributed by atoms with Crippen molar-refractivity contribution in [2.45, 2.75) is 137 Å². The molecule has 1 amide bonds. The number of amides is 1. The van der Waals surface area contributed by atoms with Gasteiger partial charge in [-0.3, -0.25) is 9.59 Å². The van der Waals surface area contributed by atoms with Crippen LogP contribution in [0, 0.1) is 17.8 Å². The van der Waals surface area contributed by atoms with Gasteiger partial charge in [-0.2, -0.15) is 0 Å². The predicted octanol–water partition coefficient (Wildman–Crippen LogP) is 6.95. The Morgan fingerprint density at radius 3 is 2.41 bits per heavy atom. The summed E-state index contributed by atoms with van der Waals surface area (Å²) in [5.74, 6) is -1.39. The van der Waals surface area contributed by atoms with Crippen LogP contribution in [0.1, 0.15) is 112 Å². The fraction of sp³-hybridized carbons (Fsp3) is 0.727. The van der Waals surface area contributed by atoms with E-state index in [-0.39, 0.29) is 11.8 Å². The maximum atomic E-state index is 13.3. The molecule has 0 aromatic rings. The Hall–Kier alpha value is -2.61. The van der Waals surface area contributed by atoms with Crippen molar-refractivity contribution in [1.82, 2.24) is 0 Å². The summed E-state index contributed by atoms with van der Waals surface area (Å²) in [5.41, 5.74) is 6.40. The lowest BCUT2D eigenvalue weighted by atomic mass is 9.89. The quantitative estimate of drug-likeness (QED) is 0.105. The first kappa shape index (κ1) is 36.4. The topological polar surface area (TPSA) is 125 Å². The number of cyclic esters (lactones) is 1. The Labute approximate surface area is 247 Å². The molecule has 0 radical (unpaired) electrons. The second-order valence-electron chi connectivity index (χ2n) is 11.8. The highest BCUT2D eigenvalue weighted by Crippen LogP contribution is 2.26. The van der Waals surface area contributed by atoms with E-state index >= 15 is 0 Å². The zero-order chi connectivity index (χ0) is 30.8. The van der Waals surface area contributed by atoms with E-state index in [4.69, 9.17) is 19.9 Å². The molecule has 7 atom stereocenters. The summed E-state index contributed by atoms with van der Waals surface area (Å²) in [6, 6.07) is 0. The molecule has 3 N–H and O–H groups in total. The molecule has 0 aliphatic carbocycles. The fourth-order valence-electron chi connectivity index (χ4n) is 5.09. The molecule has 0 aromatic carbocycles. The summed E-state index contributed by atoms with van der Waals surface area (Å²) in [6.07, 6.45) is 15.4. The van der Waals surface area contributed by atoms with Crippen molar-refractivity contribution in [2.75, 3.05) is 0 Å². The van der Waals surface area contributed by atoms with Crippen LogP contribution in [0.4, 0.5) is 4.79 Å². The van der Waals surface area contributed by atoms with Crippen molar-refractivity contribution < 1.29 is 33.7 Å². The van der Waals surface area contributed by atoms with E-state index in [2.05, 4.69) is 32.1 Å². The van der Waals surface area contributed by atoms with Gasteiger partial charge in [-0.25, -0.2) is 4.79 Å². The van der Waals surface area contributed by atoms with Gasteiger partial charge in [0, 0.05) is 6.92 Å². The number of carbonyl (C=O) groups excluding carboxylic acids is 3. The number of aliphatic hydroxyl groups is 1. The van der Waals surface area contributed by atoms with E-state index in [9.17, 15) is 19.5 Å². The van der Waals surface area contributed by atoms with Crippen LogP contribution in [0.25, 0.3) is 0 Å². The lowest BCUT2D eigenvalue weighted by molar-refractivity contribution is -0.156.